The predicted octanol–water partition coefficient (Wildman–Crippen LogP) is 2.30. The van der Waals surface area contributed by atoms with Gasteiger partial charge in [0, 0.05) is 50.5 Å². The molecule has 29 heavy (non-hydrogen) atoms. The van der Waals surface area contributed by atoms with Gasteiger partial charge in [0.05, 0.1) is 6.54 Å². The summed E-state index contributed by atoms with van der Waals surface area (Å²) in [7, 11) is 0. The van der Waals surface area contributed by atoms with E-state index in [2.05, 4.69) is 15.2 Å². The molecule has 0 saturated carbocycles. The van der Waals surface area contributed by atoms with Crippen LogP contribution in [-0.2, 0) is 4.79 Å². The van der Waals surface area contributed by atoms with Gasteiger partial charge in [-0.2, -0.15) is 0 Å². The van der Waals surface area contributed by atoms with E-state index in [-0.39, 0.29) is 11.7 Å². The predicted molar refractivity (Wildman–Crippen MR) is 113 cm³/mol. The zero-order chi connectivity index (χ0) is 20.6. The fraction of sp³-hybridized carbons (Fsp3) is 0.333. The summed E-state index contributed by atoms with van der Waals surface area (Å²) in [5, 5.41) is 2.72. The Morgan fingerprint density at radius 3 is 2.59 bits per heavy atom. The zero-order valence-electron chi connectivity index (χ0n) is 16.5. The summed E-state index contributed by atoms with van der Waals surface area (Å²) in [6.07, 6.45) is 0. The fourth-order valence-corrected chi connectivity index (χ4v) is 3.14. The number of halogens is 1. The molecule has 8 heteroatoms. The Kier molecular flexibility index (Phi) is 6.89. The Hall–Kier alpha value is -3.29. The van der Waals surface area contributed by atoms with Crippen molar-refractivity contribution in [3.8, 4) is 5.75 Å². The average Bonchev–Trinajstić information content (AvgIpc) is 2.71. The number of carbonyl (C=O) groups is 1. The lowest BCUT2D eigenvalue weighted by Crippen LogP contribution is -2.51. The molecule has 2 aromatic rings. The van der Waals surface area contributed by atoms with Gasteiger partial charge < -0.3 is 25.6 Å². The van der Waals surface area contributed by atoms with Gasteiger partial charge in [0.1, 0.15) is 18.2 Å². The van der Waals surface area contributed by atoms with Gasteiger partial charge >= 0.3 is 0 Å². The average molecular weight is 399 g/mol. The molecule has 1 aliphatic heterocycles. The van der Waals surface area contributed by atoms with E-state index in [9.17, 15) is 9.18 Å². The van der Waals surface area contributed by atoms with E-state index in [1.165, 1.54) is 19.1 Å². The van der Waals surface area contributed by atoms with Gasteiger partial charge in [-0.1, -0.05) is 6.07 Å². The molecule has 0 radical (unpaired) electrons. The number of nitrogens with two attached hydrogens (primary N) is 1. The van der Waals surface area contributed by atoms with Crippen LogP contribution in [0.4, 0.5) is 15.8 Å². The molecule has 3 N–H and O–H groups in total. The number of benzene rings is 2. The highest BCUT2D eigenvalue weighted by Crippen LogP contribution is 2.18. The van der Waals surface area contributed by atoms with Crippen molar-refractivity contribution in [1.82, 2.24) is 4.90 Å². The Morgan fingerprint density at radius 1 is 1.17 bits per heavy atom. The Morgan fingerprint density at radius 2 is 1.90 bits per heavy atom. The van der Waals surface area contributed by atoms with Crippen molar-refractivity contribution in [1.29, 1.82) is 0 Å². The van der Waals surface area contributed by atoms with E-state index in [1.807, 2.05) is 17.0 Å². The molecule has 0 unspecified atom stereocenters. The first-order valence-electron chi connectivity index (χ1n) is 9.57. The number of carbonyl (C=O) groups excluding carboxylic acids is 1. The molecule has 1 aliphatic rings. The minimum absolute atomic E-state index is 0.126. The standard InChI is InChI=1S/C21H26FN5O2/c1-16(28)25-18-3-2-4-20(15-18)29-14-9-24-21(23)27-12-10-26(11-13-27)19-7-5-17(22)6-8-19/h2-8,15H,9-14H2,1H3,(H2,23,24)(H,25,28). The molecule has 0 aromatic heterocycles. The largest absolute Gasteiger partial charge is 0.492 e. The van der Waals surface area contributed by atoms with Crippen LogP contribution in [0.2, 0.25) is 0 Å². The zero-order valence-corrected chi connectivity index (χ0v) is 16.5. The van der Waals surface area contributed by atoms with Crippen LogP contribution >= 0.6 is 0 Å². The molecule has 0 bridgehead atoms. The van der Waals surface area contributed by atoms with Gasteiger partial charge in [-0.3, -0.25) is 4.79 Å². The molecule has 1 heterocycles. The highest BCUT2D eigenvalue weighted by molar-refractivity contribution is 5.88. The molecule has 7 nitrogen and oxygen atoms in total. The van der Waals surface area contributed by atoms with E-state index in [1.54, 1.807) is 24.3 Å². The summed E-state index contributed by atoms with van der Waals surface area (Å²) in [5.41, 5.74) is 7.82. The maximum Gasteiger partial charge on any atom is 0.221 e. The Balaban J connectivity index is 1.42. The summed E-state index contributed by atoms with van der Waals surface area (Å²) >= 11 is 0. The lowest BCUT2D eigenvalue weighted by molar-refractivity contribution is -0.114. The quantitative estimate of drug-likeness (QED) is 0.442. The van der Waals surface area contributed by atoms with Crippen LogP contribution in [0.1, 0.15) is 6.92 Å². The lowest BCUT2D eigenvalue weighted by Gasteiger charge is -2.36. The van der Waals surface area contributed by atoms with E-state index >= 15 is 0 Å². The summed E-state index contributed by atoms with van der Waals surface area (Å²) in [4.78, 5) is 19.8. The van der Waals surface area contributed by atoms with Crippen molar-refractivity contribution in [2.75, 3.05) is 49.5 Å². The molecular formula is C21H26FN5O2. The Labute approximate surface area is 170 Å². The van der Waals surface area contributed by atoms with Crippen LogP contribution in [0.25, 0.3) is 0 Å². The summed E-state index contributed by atoms with van der Waals surface area (Å²) in [6.45, 7) is 5.40. The number of aliphatic imine (C=N–C) groups is 1. The summed E-state index contributed by atoms with van der Waals surface area (Å²) in [5.74, 6) is 0.809. The molecule has 0 aliphatic carbocycles. The minimum atomic E-state index is -0.229. The fourth-order valence-electron chi connectivity index (χ4n) is 3.14. The number of hydrogen-bond acceptors (Lipinski definition) is 4. The van der Waals surface area contributed by atoms with Crippen LogP contribution in [0.3, 0.4) is 0 Å². The van der Waals surface area contributed by atoms with E-state index in [0.29, 0.717) is 30.5 Å². The van der Waals surface area contributed by atoms with Crippen molar-refractivity contribution in [3.05, 3.63) is 54.3 Å². The lowest BCUT2D eigenvalue weighted by atomic mass is 10.2. The second kappa shape index (κ2) is 9.77. The molecule has 1 saturated heterocycles. The monoisotopic (exact) mass is 399 g/mol. The van der Waals surface area contributed by atoms with Gasteiger partial charge in [0.2, 0.25) is 5.91 Å². The number of rotatable bonds is 6. The maximum atomic E-state index is 13.1. The Bertz CT molecular complexity index is 848. The SMILES string of the molecule is CC(=O)Nc1cccc(OCCN=C(N)N2CCN(c3ccc(F)cc3)CC2)c1. The molecule has 154 valence electrons. The van der Waals surface area contributed by atoms with Crippen molar-refractivity contribution < 1.29 is 13.9 Å². The molecule has 3 rings (SSSR count). The first-order chi connectivity index (χ1) is 14.0. The van der Waals surface area contributed by atoms with Crippen molar-refractivity contribution >= 4 is 23.2 Å². The molecule has 1 amide bonds. The third kappa shape index (κ3) is 6.10. The number of guanidine groups is 1. The summed E-state index contributed by atoms with van der Waals surface area (Å²) in [6, 6.07) is 13.7. The minimum Gasteiger partial charge on any atom is -0.492 e. The van der Waals surface area contributed by atoms with E-state index in [4.69, 9.17) is 10.5 Å². The molecule has 0 atom stereocenters. The second-order valence-electron chi connectivity index (χ2n) is 6.75. The van der Waals surface area contributed by atoms with Crippen molar-refractivity contribution in [3.63, 3.8) is 0 Å². The number of amides is 1. The number of anilines is 2. The van der Waals surface area contributed by atoms with Gasteiger partial charge in [-0.25, -0.2) is 9.38 Å². The van der Waals surface area contributed by atoms with Gasteiger partial charge in [-0.15, -0.1) is 0 Å². The van der Waals surface area contributed by atoms with Crippen molar-refractivity contribution in [2.24, 2.45) is 10.7 Å². The first kappa shape index (κ1) is 20.4. The molecule has 2 aromatic carbocycles. The molecule has 1 fully saturated rings. The number of hydrogen-bond donors (Lipinski definition) is 2. The van der Waals surface area contributed by atoms with Crippen LogP contribution in [0.15, 0.2) is 53.5 Å². The second-order valence-corrected chi connectivity index (χ2v) is 6.75. The van der Waals surface area contributed by atoms with Gasteiger partial charge in [0.15, 0.2) is 5.96 Å². The van der Waals surface area contributed by atoms with Gasteiger partial charge in [0.25, 0.3) is 0 Å². The van der Waals surface area contributed by atoms with E-state index in [0.717, 1.165) is 31.9 Å². The van der Waals surface area contributed by atoms with Gasteiger partial charge in [-0.05, 0) is 36.4 Å². The number of nitrogens with one attached hydrogen (secondary N) is 1. The highest BCUT2D eigenvalue weighted by atomic mass is 19.1. The van der Waals surface area contributed by atoms with Crippen LogP contribution in [0.5, 0.6) is 5.75 Å². The van der Waals surface area contributed by atoms with Crippen LogP contribution in [0, 0.1) is 5.82 Å². The van der Waals surface area contributed by atoms with Crippen LogP contribution in [-0.4, -0.2) is 56.1 Å². The smallest absolute Gasteiger partial charge is 0.221 e. The molecular weight excluding hydrogens is 373 g/mol. The third-order valence-corrected chi connectivity index (χ3v) is 4.58. The topological polar surface area (TPSA) is 83.2 Å². The first-order valence-corrected chi connectivity index (χ1v) is 9.57. The maximum absolute atomic E-state index is 13.1. The number of nitrogens with zero attached hydrogens (tertiary/aromatic N) is 3. The van der Waals surface area contributed by atoms with Crippen molar-refractivity contribution in [2.45, 2.75) is 6.92 Å². The van der Waals surface area contributed by atoms with E-state index < -0.39 is 0 Å². The summed E-state index contributed by atoms with van der Waals surface area (Å²) < 4.78 is 18.7. The highest BCUT2D eigenvalue weighted by Gasteiger charge is 2.18. The third-order valence-electron chi connectivity index (χ3n) is 4.58. The molecule has 0 spiro atoms. The number of piperazine rings is 1. The van der Waals surface area contributed by atoms with Crippen LogP contribution < -0.4 is 20.7 Å². The number of ether oxygens (including phenoxy) is 1. The normalized spacial score (nSPS) is 14.6.